The van der Waals surface area contributed by atoms with Crippen LogP contribution in [0.4, 0.5) is 0 Å². The molecule has 0 aliphatic rings. The zero-order valence-electron chi connectivity index (χ0n) is 4.98. The van der Waals surface area contributed by atoms with Gasteiger partial charge >= 0.3 is 0 Å². The minimum absolute atomic E-state index is 0.0139. The van der Waals surface area contributed by atoms with E-state index in [9.17, 15) is 9.90 Å². The third-order valence-corrected chi connectivity index (χ3v) is 1.04. The van der Waals surface area contributed by atoms with Gasteiger partial charge in [-0.2, -0.15) is 0 Å². The summed E-state index contributed by atoms with van der Waals surface area (Å²) < 4.78 is 4.59. The number of aliphatic hydroxyl groups excluding tert-OH is 1. The van der Waals surface area contributed by atoms with Crippen LogP contribution in [0, 0.1) is 0 Å². The molecule has 1 atom stereocenters. The molecule has 1 aromatic rings. The fraction of sp³-hybridized carbons (Fsp3) is 0.167. The number of aliphatic hydroxyl groups is 1. The highest BCUT2D eigenvalue weighted by Crippen LogP contribution is 2.10. The second-order valence-electron chi connectivity index (χ2n) is 1.74. The average molecular weight is 141 g/mol. The molecule has 1 N–H and O–H groups in total. The van der Waals surface area contributed by atoms with Gasteiger partial charge < -0.3 is 19.4 Å². The number of aliphatic carboxylic acids is 1. The molecule has 0 aromatic carbocycles. The van der Waals surface area contributed by atoms with Crippen LogP contribution in [0.15, 0.2) is 22.8 Å². The predicted octanol–water partition coefficient (Wildman–Crippen LogP) is -0.937. The van der Waals surface area contributed by atoms with Crippen molar-refractivity contribution in [1.29, 1.82) is 0 Å². The molecule has 0 amide bonds. The molecule has 0 spiro atoms. The van der Waals surface area contributed by atoms with Gasteiger partial charge in [0.15, 0.2) is 6.10 Å². The quantitative estimate of drug-likeness (QED) is 0.577. The molecular weight excluding hydrogens is 136 g/mol. The number of carboxylic acid groups (broad SMARTS) is 1. The summed E-state index contributed by atoms with van der Waals surface area (Å²) in [4.78, 5) is 9.98. The Kier molecular flexibility index (Phi) is 1.73. The first-order valence-electron chi connectivity index (χ1n) is 2.64. The minimum Gasteiger partial charge on any atom is -0.547 e. The Labute approximate surface area is 56.7 Å². The second-order valence-corrected chi connectivity index (χ2v) is 1.74. The Hall–Kier alpha value is -1.29. The van der Waals surface area contributed by atoms with E-state index in [2.05, 4.69) is 4.42 Å². The number of carbonyl (C=O) groups excluding carboxylic acids is 1. The molecule has 1 rings (SSSR count). The van der Waals surface area contributed by atoms with E-state index in [1.807, 2.05) is 0 Å². The van der Waals surface area contributed by atoms with Crippen LogP contribution in [-0.4, -0.2) is 11.1 Å². The van der Waals surface area contributed by atoms with Gasteiger partial charge in [0, 0.05) is 0 Å². The van der Waals surface area contributed by atoms with Crippen LogP contribution in [-0.2, 0) is 4.79 Å². The van der Waals surface area contributed by atoms with E-state index in [0.29, 0.717) is 0 Å². The van der Waals surface area contributed by atoms with Gasteiger partial charge in [-0.3, -0.25) is 0 Å². The molecule has 10 heavy (non-hydrogen) atoms. The lowest BCUT2D eigenvalue weighted by Crippen LogP contribution is -2.29. The van der Waals surface area contributed by atoms with Crippen molar-refractivity contribution in [3.8, 4) is 0 Å². The van der Waals surface area contributed by atoms with Crippen LogP contribution in [0.2, 0.25) is 0 Å². The molecule has 54 valence electrons. The lowest BCUT2D eigenvalue weighted by atomic mass is 10.3. The lowest BCUT2D eigenvalue weighted by molar-refractivity contribution is -0.316. The van der Waals surface area contributed by atoms with Crippen molar-refractivity contribution in [2.24, 2.45) is 0 Å². The summed E-state index contributed by atoms with van der Waals surface area (Å²) in [6.45, 7) is 0. The standard InChI is InChI=1S/C6H6O4/c7-5(6(8)9)4-2-1-3-10-4/h1-3,5,7H,(H,8,9)/p-1/t5-/m1/s1. The van der Waals surface area contributed by atoms with E-state index in [1.165, 1.54) is 18.4 Å². The summed E-state index contributed by atoms with van der Waals surface area (Å²) in [6.07, 6.45) is -0.378. The van der Waals surface area contributed by atoms with Gasteiger partial charge in [0.2, 0.25) is 0 Å². The van der Waals surface area contributed by atoms with Crippen molar-refractivity contribution in [1.82, 2.24) is 0 Å². The molecule has 0 aliphatic carbocycles. The molecule has 0 fully saturated rings. The number of carbonyl (C=O) groups is 1. The zero-order valence-corrected chi connectivity index (χ0v) is 4.98. The maximum atomic E-state index is 9.98. The number of carboxylic acids is 1. The van der Waals surface area contributed by atoms with Gasteiger partial charge in [0.25, 0.3) is 0 Å². The van der Waals surface area contributed by atoms with Crippen molar-refractivity contribution < 1.29 is 19.4 Å². The first-order valence-corrected chi connectivity index (χ1v) is 2.64. The SMILES string of the molecule is O=C([O-])[C@H](O)c1ccco1. The molecule has 0 saturated heterocycles. The van der Waals surface area contributed by atoms with E-state index in [-0.39, 0.29) is 5.76 Å². The van der Waals surface area contributed by atoms with Crippen molar-refractivity contribution in [2.75, 3.05) is 0 Å². The summed E-state index contributed by atoms with van der Waals surface area (Å²) in [6, 6.07) is 2.85. The Morgan fingerprint density at radius 1 is 1.80 bits per heavy atom. The third kappa shape index (κ3) is 1.16. The largest absolute Gasteiger partial charge is 0.547 e. The molecular formula is C6H5O4-. The van der Waals surface area contributed by atoms with Crippen molar-refractivity contribution in [2.45, 2.75) is 6.10 Å². The van der Waals surface area contributed by atoms with Gasteiger partial charge in [-0.25, -0.2) is 0 Å². The normalized spacial score (nSPS) is 12.9. The van der Waals surface area contributed by atoms with Crippen LogP contribution in [0.1, 0.15) is 11.9 Å². The summed E-state index contributed by atoms with van der Waals surface area (Å²) >= 11 is 0. The summed E-state index contributed by atoms with van der Waals surface area (Å²) in [5.74, 6) is -1.57. The lowest BCUT2D eigenvalue weighted by Gasteiger charge is -2.06. The second kappa shape index (κ2) is 2.53. The maximum Gasteiger partial charge on any atom is 0.151 e. The molecule has 0 radical (unpaired) electrons. The minimum atomic E-state index is -1.66. The third-order valence-electron chi connectivity index (χ3n) is 1.04. The van der Waals surface area contributed by atoms with Crippen molar-refractivity contribution >= 4 is 5.97 Å². The number of hydrogen-bond acceptors (Lipinski definition) is 4. The molecule has 1 aromatic heterocycles. The van der Waals surface area contributed by atoms with Crippen LogP contribution in [0.3, 0.4) is 0 Å². The van der Waals surface area contributed by atoms with Crippen LogP contribution < -0.4 is 5.11 Å². The fourth-order valence-electron chi connectivity index (χ4n) is 0.563. The van der Waals surface area contributed by atoms with Crippen LogP contribution >= 0.6 is 0 Å². The van der Waals surface area contributed by atoms with Gasteiger partial charge in [-0.1, -0.05) is 0 Å². The molecule has 4 nitrogen and oxygen atoms in total. The van der Waals surface area contributed by atoms with Gasteiger partial charge in [-0.15, -0.1) is 0 Å². The molecule has 0 unspecified atom stereocenters. The van der Waals surface area contributed by atoms with Gasteiger partial charge in [-0.05, 0) is 12.1 Å². The number of hydrogen-bond donors (Lipinski definition) is 1. The zero-order chi connectivity index (χ0) is 7.56. The Morgan fingerprint density at radius 2 is 2.50 bits per heavy atom. The number of rotatable bonds is 2. The Balaban J connectivity index is 2.77. The predicted molar refractivity (Wildman–Crippen MR) is 28.7 cm³/mol. The molecule has 0 saturated carbocycles. The highest BCUT2D eigenvalue weighted by atomic mass is 16.4. The highest BCUT2D eigenvalue weighted by molar-refractivity contribution is 5.70. The van der Waals surface area contributed by atoms with Crippen LogP contribution in [0.25, 0.3) is 0 Å². The van der Waals surface area contributed by atoms with Crippen LogP contribution in [0.5, 0.6) is 0 Å². The molecule has 0 bridgehead atoms. The van der Waals surface area contributed by atoms with E-state index < -0.39 is 12.1 Å². The van der Waals surface area contributed by atoms with Crippen molar-refractivity contribution in [3.63, 3.8) is 0 Å². The van der Waals surface area contributed by atoms with E-state index >= 15 is 0 Å². The smallest absolute Gasteiger partial charge is 0.151 e. The fourth-order valence-corrected chi connectivity index (χ4v) is 0.563. The molecule has 4 heteroatoms. The van der Waals surface area contributed by atoms with Gasteiger partial charge in [0.05, 0.1) is 12.2 Å². The maximum absolute atomic E-state index is 9.98. The number of furan rings is 1. The first kappa shape index (κ1) is 6.82. The molecule has 1 heterocycles. The van der Waals surface area contributed by atoms with Crippen molar-refractivity contribution in [3.05, 3.63) is 24.2 Å². The summed E-state index contributed by atoms with van der Waals surface area (Å²) in [7, 11) is 0. The average Bonchev–Trinajstić information content (AvgIpc) is 2.36. The van der Waals surface area contributed by atoms with Gasteiger partial charge in [0.1, 0.15) is 5.76 Å². The first-order chi connectivity index (χ1) is 4.72. The summed E-state index contributed by atoms with van der Waals surface area (Å²) in [5.41, 5.74) is 0. The van der Waals surface area contributed by atoms with E-state index in [1.54, 1.807) is 0 Å². The topological polar surface area (TPSA) is 73.5 Å². The van der Waals surface area contributed by atoms with E-state index in [4.69, 9.17) is 5.11 Å². The Morgan fingerprint density at radius 3 is 2.90 bits per heavy atom. The highest BCUT2D eigenvalue weighted by Gasteiger charge is 2.09. The monoisotopic (exact) mass is 141 g/mol. The van der Waals surface area contributed by atoms with E-state index in [0.717, 1.165) is 0 Å². The summed E-state index contributed by atoms with van der Waals surface area (Å²) in [5, 5.41) is 18.7. The molecule has 0 aliphatic heterocycles. The Bertz CT molecular complexity index is 214.